The van der Waals surface area contributed by atoms with Crippen LogP contribution in [0.5, 0.6) is 0 Å². The molecule has 0 N–H and O–H groups in total. The Hall–Kier alpha value is 0.500. The third-order valence-electron chi connectivity index (χ3n) is 6.51. The molecule has 0 aliphatic heterocycles. The van der Waals surface area contributed by atoms with Crippen LogP contribution in [0.2, 0.25) is 0 Å². The van der Waals surface area contributed by atoms with Gasteiger partial charge >= 0.3 is 0 Å². The van der Waals surface area contributed by atoms with Crippen molar-refractivity contribution in [1.29, 1.82) is 0 Å². The van der Waals surface area contributed by atoms with Crippen molar-refractivity contribution >= 4 is 23.2 Å². The van der Waals surface area contributed by atoms with Crippen LogP contribution in [0.3, 0.4) is 0 Å². The molecule has 0 bridgehead atoms. The highest BCUT2D eigenvalue weighted by Crippen LogP contribution is 2.70. The van der Waals surface area contributed by atoms with E-state index in [1.165, 1.54) is 30.5 Å². The maximum absolute atomic E-state index is 6.35. The Morgan fingerprint density at radius 1 is 1.00 bits per heavy atom. The van der Waals surface area contributed by atoms with E-state index in [1.54, 1.807) is 0 Å². The topological polar surface area (TPSA) is 9.23 Å². The van der Waals surface area contributed by atoms with Crippen LogP contribution in [0.1, 0.15) is 60.8 Å². The number of ether oxygens (including phenoxy) is 1. The summed E-state index contributed by atoms with van der Waals surface area (Å²) in [6.07, 6.45) is 3.45. The number of quaternary nitrogens is 1. The van der Waals surface area contributed by atoms with E-state index in [-0.39, 0.29) is 5.41 Å². The van der Waals surface area contributed by atoms with E-state index < -0.39 is 4.33 Å². The van der Waals surface area contributed by atoms with Crippen LogP contribution < -0.4 is 0 Å². The van der Waals surface area contributed by atoms with Crippen LogP contribution in [-0.4, -0.2) is 48.2 Å². The first-order valence-electron chi connectivity index (χ1n) is 9.47. The van der Waals surface area contributed by atoms with Gasteiger partial charge in [0.15, 0.2) is 0 Å². The van der Waals surface area contributed by atoms with Gasteiger partial charge in [0, 0.05) is 17.9 Å². The first kappa shape index (κ1) is 21.5. The summed E-state index contributed by atoms with van der Waals surface area (Å²) in [5, 5.41) is 0. The molecular weight excluding hydrogens is 329 g/mol. The van der Waals surface area contributed by atoms with Gasteiger partial charge in [0.25, 0.3) is 0 Å². The predicted molar refractivity (Wildman–Crippen MR) is 102 cm³/mol. The lowest BCUT2D eigenvalue weighted by atomic mass is 9.98. The molecule has 0 aromatic carbocycles. The van der Waals surface area contributed by atoms with Crippen molar-refractivity contribution in [2.75, 3.05) is 39.4 Å². The summed E-state index contributed by atoms with van der Waals surface area (Å²) in [4.78, 5) is 0. The van der Waals surface area contributed by atoms with Crippen molar-refractivity contribution in [3.05, 3.63) is 0 Å². The number of hydrogen-bond acceptors (Lipinski definition) is 1. The molecule has 0 spiro atoms. The Morgan fingerprint density at radius 3 is 1.96 bits per heavy atom. The van der Waals surface area contributed by atoms with Crippen molar-refractivity contribution in [3.8, 4) is 0 Å². The number of alkyl halides is 2. The van der Waals surface area contributed by atoms with Crippen molar-refractivity contribution in [2.24, 2.45) is 17.3 Å². The number of rotatable bonds is 12. The lowest BCUT2D eigenvalue weighted by Gasteiger charge is -2.35. The first-order chi connectivity index (χ1) is 10.7. The summed E-state index contributed by atoms with van der Waals surface area (Å²) in [5.41, 5.74) is 0.0774. The highest BCUT2D eigenvalue weighted by molar-refractivity contribution is 6.51. The van der Waals surface area contributed by atoms with E-state index in [0.29, 0.717) is 11.8 Å². The van der Waals surface area contributed by atoms with Crippen molar-refractivity contribution in [3.63, 3.8) is 0 Å². The van der Waals surface area contributed by atoms with Gasteiger partial charge in [-0.2, -0.15) is 0 Å². The van der Waals surface area contributed by atoms with E-state index in [0.717, 1.165) is 32.6 Å². The van der Waals surface area contributed by atoms with Gasteiger partial charge in [0.2, 0.25) is 0 Å². The van der Waals surface area contributed by atoms with E-state index >= 15 is 0 Å². The molecule has 2 unspecified atom stereocenters. The zero-order valence-electron chi connectivity index (χ0n) is 16.1. The molecule has 2 atom stereocenters. The van der Waals surface area contributed by atoms with Crippen LogP contribution in [0.4, 0.5) is 0 Å². The minimum Gasteiger partial charge on any atom is -0.376 e. The molecule has 1 aliphatic rings. The monoisotopic (exact) mass is 366 g/mol. The Morgan fingerprint density at radius 2 is 1.52 bits per heavy atom. The van der Waals surface area contributed by atoms with Crippen molar-refractivity contribution in [1.82, 2.24) is 0 Å². The summed E-state index contributed by atoms with van der Waals surface area (Å²) < 4.78 is 6.56. The molecule has 0 radical (unpaired) electrons. The SMILES string of the molecule is CC[N+](CC)(CC)CCOCCC(C)CCC1C(C)(C)C1(Cl)Cl. The standard InChI is InChI=1S/C19H38Cl2NO/c1-7-22(8-2,9-3)13-15-23-14-12-16(4)10-11-17-18(5,6)19(17,20)21/h16-17H,7-15H2,1-6H3/q+1. The van der Waals surface area contributed by atoms with E-state index in [9.17, 15) is 0 Å². The second kappa shape index (κ2) is 8.74. The molecule has 1 saturated carbocycles. The van der Waals surface area contributed by atoms with Gasteiger partial charge in [-0.3, -0.25) is 0 Å². The summed E-state index contributed by atoms with van der Waals surface area (Å²) in [7, 11) is 0. The molecular formula is C19H38Cl2NO+. The van der Waals surface area contributed by atoms with Crippen LogP contribution in [0.25, 0.3) is 0 Å². The lowest BCUT2D eigenvalue weighted by Crippen LogP contribution is -2.49. The Bertz CT molecular complexity index is 331. The number of nitrogens with zero attached hydrogens (tertiary/aromatic N) is 1. The van der Waals surface area contributed by atoms with E-state index in [1.807, 2.05) is 0 Å². The minimum absolute atomic E-state index is 0.0774. The number of likely N-dealkylation sites (N-methyl/N-ethyl adjacent to an activating group) is 1. The summed E-state index contributed by atoms with van der Waals surface area (Å²) in [6, 6.07) is 0. The summed E-state index contributed by atoms with van der Waals surface area (Å²) in [5.74, 6) is 1.12. The fourth-order valence-corrected chi connectivity index (χ4v) is 4.60. The van der Waals surface area contributed by atoms with Crippen LogP contribution in [-0.2, 0) is 4.74 Å². The Balaban J connectivity index is 2.12. The van der Waals surface area contributed by atoms with E-state index in [4.69, 9.17) is 27.9 Å². The normalized spacial score (nSPS) is 23.7. The molecule has 0 heterocycles. The summed E-state index contributed by atoms with van der Waals surface area (Å²) >= 11 is 12.7. The molecule has 2 nitrogen and oxygen atoms in total. The average Bonchev–Trinajstić information content (AvgIpc) is 2.90. The molecule has 1 aliphatic carbocycles. The van der Waals surface area contributed by atoms with Gasteiger partial charge in [0.05, 0.1) is 26.2 Å². The van der Waals surface area contributed by atoms with Gasteiger partial charge in [-0.15, -0.1) is 23.2 Å². The van der Waals surface area contributed by atoms with Crippen LogP contribution >= 0.6 is 23.2 Å². The molecule has 0 aromatic heterocycles. The zero-order chi connectivity index (χ0) is 17.7. The van der Waals surface area contributed by atoms with Gasteiger partial charge in [0.1, 0.15) is 10.9 Å². The van der Waals surface area contributed by atoms with Gasteiger partial charge in [-0.05, 0) is 39.5 Å². The largest absolute Gasteiger partial charge is 0.376 e. The molecule has 1 rings (SSSR count). The summed E-state index contributed by atoms with van der Waals surface area (Å²) in [6.45, 7) is 20.0. The third kappa shape index (κ3) is 5.23. The van der Waals surface area contributed by atoms with Crippen molar-refractivity contribution < 1.29 is 9.22 Å². The quantitative estimate of drug-likeness (QED) is 0.251. The molecule has 23 heavy (non-hydrogen) atoms. The maximum Gasteiger partial charge on any atom is 0.127 e. The highest BCUT2D eigenvalue weighted by Gasteiger charge is 2.69. The average molecular weight is 367 g/mol. The molecule has 4 heteroatoms. The number of halogens is 2. The zero-order valence-corrected chi connectivity index (χ0v) is 17.6. The number of hydrogen-bond donors (Lipinski definition) is 0. The molecule has 0 aromatic rings. The predicted octanol–water partition coefficient (Wildman–Crippen LogP) is 5.52. The lowest BCUT2D eigenvalue weighted by molar-refractivity contribution is -0.923. The maximum atomic E-state index is 6.35. The Labute approximate surface area is 154 Å². The molecule has 138 valence electrons. The van der Waals surface area contributed by atoms with Gasteiger partial charge < -0.3 is 9.22 Å². The fourth-order valence-electron chi connectivity index (χ4n) is 3.68. The highest BCUT2D eigenvalue weighted by atomic mass is 35.5. The molecule has 0 saturated heterocycles. The van der Waals surface area contributed by atoms with Gasteiger partial charge in [-0.1, -0.05) is 27.2 Å². The molecule has 1 fully saturated rings. The second-order valence-electron chi connectivity index (χ2n) is 7.99. The Kier molecular flexibility index (Phi) is 8.18. The van der Waals surface area contributed by atoms with Crippen molar-refractivity contribution in [2.45, 2.75) is 65.1 Å². The fraction of sp³-hybridized carbons (Fsp3) is 1.00. The minimum atomic E-state index is -0.509. The first-order valence-corrected chi connectivity index (χ1v) is 10.2. The molecule has 0 amide bonds. The smallest absolute Gasteiger partial charge is 0.127 e. The van der Waals surface area contributed by atoms with Crippen LogP contribution in [0, 0.1) is 17.3 Å². The second-order valence-corrected chi connectivity index (χ2v) is 9.38. The third-order valence-corrected chi connectivity index (χ3v) is 8.01. The van der Waals surface area contributed by atoms with Gasteiger partial charge in [-0.25, -0.2) is 0 Å². The van der Waals surface area contributed by atoms with Crippen LogP contribution in [0.15, 0.2) is 0 Å². The van der Waals surface area contributed by atoms with E-state index in [2.05, 4.69) is 41.5 Å².